The molecule has 2 rings (SSSR count). The van der Waals surface area contributed by atoms with Crippen molar-refractivity contribution < 1.29 is 9.50 Å². The zero-order valence-corrected chi connectivity index (χ0v) is 8.89. The van der Waals surface area contributed by atoms with E-state index in [0.29, 0.717) is 16.1 Å². The monoisotopic (exact) mass is 238 g/mol. The van der Waals surface area contributed by atoms with E-state index >= 15 is 0 Å². The molecule has 1 N–H and O–H groups in total. The highest BCUT2D eigenvalue weighted by Gasteiger charge is 2.14. The van der Waals surface area contributed by atoms with E-state index in [1.165, 1.54) is 24.7 Å². The van der Waals surface area contributed by atoms with Crippen LogP contribution in [0.1, 0.15) is 17.2 Å². The summed E-state index contributed by atoms with van der Waals surface area (Å²) in [5.41, 5.74) is 0.831. The fourth-order valence-corrected chi connectivity index (χ4v) is 1.59. The number of nitrogens with zero attached hydrogens (tertiary/aromatic N) is 2. The van der Waals surface area contributed by atoms with Crippen LogP contribution in [0.4, 0.5) is 4.39 Å². The zero-order valence-electron chi connectivity index (χ0n) is 8.14. The van der Waals surface area contributed by atoms with Gasteiger partial charge in [-0.05, 0) is 12.1 Å². The topological polar surface area (TPSA) is 46.0 Å². The number of aliphatic hydroxyl groups excluding tert-OH is 1. The molecule has 0 bridgehead atoms. The summed E-state index contributed by atoms with van der Waals surface area (Å²) >= 11 is 5.87. The Morgan fingerprint density at radius 1 is 1.25 bits per heavy atom. The third-order valence-electron chi connectivity index (χ3n) is 2.14. The smallest absolute Gasteiger partial charge is 0.141 e. The third-order valence-corrected chi connectivity index (χ3v) is 2.46. The lowest BCUT2D eigenvalue weighted by atomic mass is 10.0. The van der Waals surface area contributed by atoms with Crippen LogP contribution in [-0.2, 0) is 0 Å². The summed E-state index contributed by atoms with van der Waals surface area (Å²) in [6.45, 7) is 0. The molecule has 0 spiro atoms. The summed E-state index contributed by atoms with van der Waals surface area (Å²) in [6.07, 6.45) is 4.40. The lowest BCUT2D eigenvalue weighted by Gasteiger charge is -2.11. The van der Waals surface area contributed by atoms with Gasteiger partial charge in [-0.2, -0.15) is 0 Å². The predicted molar refractivity (Wildman–Crippen MR) is 57.5 cm³/mol. The number of hydrogen-bond donors (Lipinski definition) is 1. The SMILES string of the molecule is OC(c1cncc(F)c1)c1ccncc1Cl. The van der Waals surface area contributed by atoms with E-state index in [0.717, 1.165) is 6.20 Å². The number of hydrogen-bond acceptors (Lipinski definition) is 3. The first kappa shape index (κ1) is 11.0. The van der Waals surface area contributed by atoms with Crippen molar-refractivity contribution in [1.29, 1.82) is 0 Å². The van der Waals surface area contributed by atoms with Gasteiger partial charge in [0, 0.05) is 29.7 Å². The van der Waals surface area contributed by atoms with Gasteiger partial charge in [0.05, 0.1) is 11.2 Å². The summed E-state index contributed by atoms with van der Waals surface area (Å²) in [5, 5.41) is 10.3. The van der Waals surface area contributed by atoms with Gasteiger partial charge in [-0.15, -0.1) is 0 Å². The van der Waals surface area contributed by atoms with Gasteiger partial charge in [0.1, 0.15) is 11.9 Å². The Labute approximate surface area is 96.6 Å². The van der Waals surface area contributed by atoms with E-state index in [-0.39, 0.29) is 0 Å². The molecular formula is C11H8ClFN2O. The molecule has 0 aliphatic heterocycles. The van der Waals surface area contributed by atoms with Crippen LogP contribution in [0, 0.1) is 5.82 Å². The molecule has 0 aliphatic carbocycles. The number of aliphatic hydroxyl groups is 1. The summed E-state index contributed by atoms with van der Waals surface area (Å²) in [5.74, 6) is -0.498. The lowest BCUT2D eigenvalue weighted by Crippen LogP contribution is -2.02. The zero-order chi connectivity index (χ0) is 11.5. The van der Waals surface area contributed by atoms with Gasteiger partial charge in [0.25, 0.3) is 0 Å². The Balaban J connectivity index is 2.39. The maximum Gasteiger partial charge on any atom is 0.141 e. The van der Waals surface area contributed by atoms with Crippen LogP contribution >= 0.6 is 11.6 Å². The molecule has 0 saturated carbocycles. The molecule has 0 saturated heterocycles. The van der Waals surface area contributed by atoms with Crippen LogP contribution in [0.5, 0.6) is 0 Å². The molecule has 0 amide bonds. The van der Waals surface area contributed by atoms with Crippen LogP contribution in [-0.4, -0.2) is 15.1 Å². The molecule has 5 heteroatoms. The quantitative estimate of drug-likeness (QED) is 0.874. The van der Waals surface area contributed by atoms with Crippen molar-refractivity contribution in [2.45, 2.75) is 6.10 Å². The predicted octanol–water partition coefficient (Wildman–Crippen LogP) is 2.35. The van der Waals surface area contributed by atoms with Crippen LogP contribution in [0.15, 0.2) is 36.9 Å². The molecule has 3 nitrogen and oxygen atoms in total. The normalized spacial score (nSPS) is 12.4. The number of halogens is 2. The van der Waals surface area contributed by atoms with Crippen LogP contribution < -0.4 is 0 Å². The van der Waals surface area contributed by atoms with Crippen LogP contribution in [0.3, 0.4) is 0 Å². The summed E-state index contributed by atoms with van der Waals surface area (Å²) < 4.78 is 12.9. The lowest BCUT2D eigenvalue weighted by molar-refractivity contribution is 0.219. The van der Waals surface area contributed by atoms with Crippen LogP contribution in [0.2, 0.25) is 5.02 Å². The fraction of sp³-hybridized carbons (Fsp3) is 0.0909. The fourth-order valence-electron chi connectivity index (χ4n) is 1.37. The van der Waals surface area contributed by atoms with Crippen molar-refractivity contribution in [3.8, 4) is 0 Å². The largest absolute Gasteiger partial charge is 0.384 e. The highest BCUT2D eigenvalue weighted by atomic mass is 35.5. The molecule has 2 aromatic heterocycles. The molecule has 1 atom stereocenters. The van der Waals surface area contributed by atoms with Gasteiger partial charge in [-0.1, -0.05) is 11.6 Å². The first-order valence-electron chi connectivity index (χ1n) is 4.56. The Morgan fingerprint density at radius 3 is 2.75 bits per heavy atom. The number of aromatic nitrogens is 2. The van der Waals surface area contributed by atoms with E-state index in [9.17, 15) is 9.50 Å². The molecule has 0 aliphatic rings. The van der Waals surface area contributed by atoms with Gasteiger partial charge in [-0.3, -0.25) is 9.97 Å². The minimum absolute atomic E-state index is 0.333. The van der Waals surface area contributed by atoms with Crippen molar-refractivity contribution in [1.82, 2.24) is 9.97 Å². The standard InChI is InChI=1S/C11H8ClFN2O/c12-10-6-14-2-1-9(10)11(16)7-3-8(13)5-15-4-7/h1-6,11,16H. The minimum Gasteiger partial charge on any atom is -0.384 e. The van der Waals surface area contributed by atoms with Crippen molar-refractivity contribution in [2.24, 2.45) is 0 Å². The second-order valence-electron chi connectivity index (χ2n) is 3.24. The summed E-state index contributed by atoms with van der Waals surface area (Å²) in [4.78, 5) is 7.47. The Hall–Kier alpha value is -1.52. The molecular weight excluding hydrogens is 231 g/mol. The average Bonchev–Trinajstić information content (AvgIpc) is 2.29. The molecule has 2 heterocycles. The molecule has 0 aromatic carbocycles. The third kappa shape index (κ3) is 2.18. The first-order valence-corrected chi connectivity index (χ1v) is 4.94. The molecule has 0 radical (unpaired) electrons. The van der Waals surface area contributed by atoms with Crippen molar-refractivity contribution >= 4 is 11.6 Å². The number of pyridine rings is 2. The molecule has 82 valence electrons. The minimum atomic E-state index is -1.00. The van der Waals surface area contributed by atoms with Crippen LogP contribution in [0.25, 0.3) is 0 Å². The second-order valence-corrected chi connectivity index (χ2v) is 3.64. The maximum atomic E-state index is 12.9. The van der Waals surface area contributed by atoms with E-state index in [1.807, 2.05) is 0 Å². The molecule has 2 aromatic rings. The van der Waals surface area contributed by atoms with Gasteiger partial charge >= 0.3 is 0 Å². The summed E-state index contributed by atoms with van der Waals surface area (Å²) in [7, 11) is 0. The second kappa shape index (κ2) is 4.55. The van der Waals surface area contributed by atoms with Crippen molar-refractivity contribution in [3.05, 3.63) is 58.9 Å². The number of rotatable bonds is 2. The van der Waals surface area contributed by atoms with Crippen molar-refractivity contribution in [3.63, 3.8) is 0 Å². The van der Waals surface area contributed by atoms with Gasteiger partial charge in [0.2, 0.25) is 0 Å². The maximum absolute atomic E-state index is 12.9. The van der Waals surface area contributed by atoms with E-state index in [4.69, 9.17) is 11.6 Å². The molecule has 1 unspecified atom stereocenters. The molecule has 16 heavy (non-hydrogen) atoms. The van der Waals surface area contributed by atoms with Gasteiger partial charge in [-0.25, -0.2) is 4.39 Å². The van der Waals surface area contributed by atoms with E-state index in [2.05, 4.69) is 9.97 Å². The Bertz CT molecular complexity index is 507. The highest BCUT2D eigenvalue weighted by molar-refractivity contribution is 6.31. The Morgan fingerprint density at radius 2 is 2.06 bits per heavy atom. The Kier molecular flexibility index (Phi) is 3.12. The van der Waals surface area contributed by atoms with Gasteiger partial charge < -0.3 is 5.11 Å². The molecule has 0 fully saturated rings. The highest BCUT2D eigenvalue weighted by Crippen LogP contribution is 2.26. The van der Waals surface area contributed by atoms with Crippen molar-refractivity contribution in [2.75, 3.05) is 0 Å². The summed E-state index contributed by atoms with van der Waals surface area (Å²) in [6, 6.07) is 2.80. The van der Waals surface area contributed by atoms with E-state index in [1.54, 1.807) is 6.07 Å². The van der Waals surface area contributed by atoms with E-state index < -0.39 is 11.9 Å². The first-order chi connectivity index (χ1) is 7.68. The average molecular weight is 239 g/mol. The van der Waals surface area contributed by atoms with Gasteiger partial charge in [0.15, 0.2) is 0 Å².